The van der Waals surface area contributed by atoms with Crippen LogP contribution in [0.25, 0.3) is 0 Å². The average molecular weight is 296 g/mol. The van der Waals surface area contributed by atoms with Crippen LogP contribution in [0, 0.1) is 0 Å². The summed E-state index contributed by atoms with van der Waals surface area (Å²) >= 11 is 3.51. The summed E-state index contributed by atoms with van der Waals surface area (Å²) in [4.78, 5) is 2.36. The van der Waals surface area contributed by atoms with E-state index in [1.807, 2.05) is 17.9 Å². The third-order valence-electron chi connectivity index (χ3n) is 2.79. The number of hydrogen-bond acceptors (Lipinski definition) is 3. The molecule has 2 rings (SSSR count). The Balaban J connectivity index is 0.00000112. The van der Waals surface area contributed by atoms with Crippen molar-refractivity contribution in [2.45, 2.75) is 12.6 Å². The molecule has 0 saturated carbocycles. The molecule has 4 nitrogen and oxygen atoms in total. The molecule has 1 fully saturated rings. The number of aryl methyl sites for hydroxylation is 1. The van der Waals surface area contributed by atoms with Crippen molar-refractivity contribution in [1.29, 1.82) is 0 Å². The minimum Gasteiger partial charge on any atom is -0.314 e. The van der Waals surface area contributed by atoms with E-state index in [4.69, 9.17) is 0 Å². The summed E-state index contributed by atoms with van der Waals surface area (Å²) in [6.45, 7) is 3.15. The molecule has 1 saturated heterocycles. The molecular weight excluding hydrogens is 279 g/mol. The molecule has 6 heteroatoms. The van der Waals surface area contributed by atoms with Crippen LogP contribution in [-0.4, -0.2) is 40.9 Å². The van der Waals surface area contributed by atoms with E-state index in [1.54, 1.807) is 0 Å². The van der Waals surface area contributed by atoms with Crippen LogP contribution in [-0.2, 0) is 13.6 Å². The lowest BCUT2D eigenvalue weighted by molar-refractivity contribution is 0.169. The second-order valence-electron chi connectivity index (χ2n) is 3.79. The SMILES string of the molecule is CN(Cc1c(Br)cnn1C)C1CNC1.Cl. The number of likely N-dealkylation sites (N-methyl/N-ethyl adjacent to an activating group) is 1. The van der Waals surface area contributed by atoms with Gasteiger partial charge in [0.15, 0.2) is 0 Å². The Morgan fingerprint density at radius 2 is 2.33 bits per heavy atom. The highest BCUT2D eigenvalue weighted by Gasteiger charge is 2.22. The van der Waals surface area contributed by atoms with Crippen molar-refractivity contribution in [2.24, 2.45) is 7.05 Å². The molecule has 0 amide bonds. The van der Waals surface area contributed by atoms with Gasteiger partial charge in [0.1, 0.15) is 0 Å². The molecule has 1 aliphatic heterocycles. The Morgan fingerprint density at radius 1 is 1.67 bits per heavy atom. The van der Waals surface area contributed by atoms with Crippen molar-refractivity contribution < 1.29 is 0 Å². The molecule has 0 radical (unpaired) electrons. The van der Waals surface area contributed by atoms with Crippen LogP contribution in [0.1, 0.15) is 5.69 Å². The summed E-state index contributed by atoms with van der Waals surface area (Å²) in [5.41, 5.74) is 1.24. The molecule has 2 heterocycles. The monoisotopic (exact) mass is 294 g/mol. The zero-order chi connectivity index (χ0) is 10.1. The highest BCUT2D eigenvalue weighted by molar-refractivity contribution is 9.10. The van der Waals surface area contributed by atoms with Crippen molar-refractivity contribution in [3.05, 3.63) is 16.4 Å². The first kappa shape index (κ1) is 13.0. The predicted octanol–water partition coefficient (Wildman–Crippen LogP) is 1.01. The van der Waals surface area contributed by atoms with Crippen LogP contribution in [0.2, 0.25) is 0 Å². The summed E-state index contributed by atoms with van der Waals surface area (Å²) in [6.07, 6.45) is 1.85. The third kappa shape index (κ3) is 2.72. The van der Waals surface area contributed by atoms with E-state index in [1.165, 1.54) is 5.69 Å². The molecule has 0 unspecified atom stereocenters. The number of aromatic nitrogens is 2. The highest BCUT2D eigenvalue weighted by atomic mass is 79.9. The molecule has 0 atom stereocenters. The van der Waals surface area contributed by atoms with Gasteiger partial charge in [0.2, 0.25) is 0 Å². The Hall–Kier alpha value is -0.100. The number of hydrogen-bond donors (Lipinski definition) is 1. The predicted molar refractivity (Wildman–Crippen MR) is 66.3 cm³/mol. The van der Waals surface area contributed by atoms with Gasteiger partial charge in [-0.15, -0.1) is 12.4 Å². The average Bonchev–Trinajstić information content (AvgIpc) is 2.32. The van der Waals surface area contributed by atoms with E-state index in [0.717, 1.165) is 24.1 Å². The lowest BCUT2D eigenvalue weighted by Gasteiger charge is -2.35. The first-order valence-corrected chi connectivity index (χ1v) is 5.55. The summed E-state index contributed by atoms with van der Waals surface area (Å²) in [5, 5.41) is 7.48. The number of nitrogens with zero attached hydrogens (tertiary/aromatic N) is 3. The van der Waals surface area contributed by atoms with Gasteiger partial charge in [0, 0.05) is 32.7 Å². The van der Waals surface area contributed by atoms with E-state index in [9.17, 15) is 0 Å². The summed E-state index contributed by atoms with van der Waals surface area (Å²) in [5.74, 6) is 0. The molecule has 0 aliphatic carbocycles. The fraction of sp³-hybridized carbons (Fsp3) is 0.667. The number of halogens is 2. The maximum absolute atomic E-state index is 4.20. The molecule has 0 spiro atoms. The molecule has 1 aromatic heterocycles. The van der Waals surface area contributed by atoms with Crippen LogP contribution in [0.15, 0.2) is 10.7 Å². The van der Waals surface area contributed by atoms with Crippen LogP contribution >= 0.6 is 28.3 Å². The van der Waals surface area contributed by atoms with E-state index in [2.05, 4.69) is 38.3 Å². The maximum atomic E-state index is 4.20. The van der Waals surface area contributed by atoms with Gasteiger partial charge in [-0.25, -0.2) is 0 Å². The minimum absolute atomic E-state index is 0. The van der Waals surface area contributed by atoms with Crippen molar-refractivity contribution in [1.82, 2.24) is 20.0 Å². The second kappa shape index (κ2) is 5.30. The van der Waals surface area contributed by atoms with Gasteiger partial charge >= 0.3 is 0 Å². The van der Waals surface area contributed by atoms with Crippen LogP contribution in [0.3, 0.4) is 0 Å². The molecule has 0 aromatic carbocycles. The molecule has 1 aliphatic rings. The van der Waals surface area contributed by atoms with E-state index in [-0.39, 0.29) is 12.4 Å². The number of rotatable bonds is 3. The van der Waals surface area contributed by atoms with E-state index < -0.39 is 0 Å². The number of nitrogens with one attached hydrogen (secondary N) is 1. The van der Waals surface area contributed by atoms with Gasteiger partial charge in [0.05, 0.1) is 16.4 Å². The third-order valence-corrected chi connectivity index (χ3v) is 3.46. The maximum Gasteiger partial charge on any atom is 0.0663 e. The molecule has 15 heavy (non-hydrogen) atoms. The topological polar surface area (TPSA) is 33.1 Å². The second-order valence-corrected chi connectivity index (χ2v) is 4.64. The van der Waals surface area contributed by atoms with Crippen molar-refractivity contribution in [2.75, 3.05) is 20.1 Å². The van der Waals surface area contributed by atoms with Gasteiger partial charge in [-0.1, -0.05) is 0 Å². The first-order chi connectivity index (χ1) is 6.68. The van der Waals surface area contributed by atoms with E-state index >= 15 is 0 Å². The normalized spacial score (nSPS) is 16.3. The van der Waals surface area contributed by atoms with Crippen molar-refractivity contribution in [3.63, 3.8) is 0 Å². The molecule has 86 valence electrons. The summed E-state index contributed by atoms with van der Waals surface area (Å²) in [6, 6.07) is 0.678. The summed E-state index contributed by atoms with van der Waals surface area (Å²) in [7, 11) is 4.14. The van der Waals surface area contributed by atoms with Gasteiger partial charge < -0.3 is 5.32 Å². The van der Waals surface area contributed by atoms with Crippen molar-refractivity contribution >= 4 is 28.3 Å². The van der Waals surface area contributed by atoms with Gasteiger partial charge in [-0.3, -0.25) is 9.58 Å². The van der Waals surface area contributed by atoms with Crippen LogP contribution in [0.4, 0.5) is 0 Å². The van der Waals surface area contributed by atoms with Gasteiger partial charge in [-0.2, -0.15) is 5.10 Å². The molecule has 1 N–H and O–H groups in total. The summed E-state index contributed by atoms with van der Waals surface area (Å²) < 4.78 is 3.02. The zero-order valence-electron chi connectivity index (χ0n) is 8.90. The minimum atomic E-state index is 0. The fourth-order valence-corrected chi connectivity index (χ4v) is 2.04. The fourth-order valence-electron chi connectivity index (χ4n) is 1.56. The zero-order valence-corrected chi connectivity index (χ0v) is 11.3. The molecule has 0 bridgehead atoms. The van der Waals surface area contributed by atoms with Gasteiger partial charge in [0.25, 0.3) is 0 Å². The Kier molecular flexibility index (Phi) is 4.58. The molecular formula is C9H16BrClN4. The lowest BCUT2D eigenvalue weighted by Crippen LogP contribution is -2.55. The lowest BCUT2D eigenvalue weighted by atomic mass is 10.1. The van der Waals surface area contributed by atoms with Crippen LogP contribution < -0.4 is 5.32 Å². The molecule has 1 aromatic rings. The standard InChI is InChI=1S/C9H15BrN4.ClH/c1-13(7-3-11-4-7)6-9-8(10)5-12-14(9)2;/h5,7,11H,3-4,6H2,1-2H3;1H. The first-order valence-electron chi connectivity index (χ1n) is 4.76. The smallest absolute Gasteiger partial charge is 0.0663 e. The van der Waals surface area contributed by atoms with Crippen LogP contribution in [0.5, 0.6) is 0 Å². The Morgan fingerprint density at radius 3 is 2.73 bits per heavy atom. The largest absolute Gasteiger partial charge is 0.314 e. The highest BCUT2D eigenvalue weighted by Crippen LogP contribution is 2.17. The van der Waals surface area contributed by atoms with Gasteiger partial charge in [-0.05, 0) is 23.0 Å². The van der Waals surface area contributed by atoms with Crippen molar-refractivity contribution in [3.8, 4) is 0 Å². The Labute approximate surface area is 105 Å². The Bertz CT molecular complexity index is 304. The quantitative estimate of drug-likeness (QED) is 0.903. The van der Waals surface area contributed by atoms with E-state index in [0.29, 0.717) is 6.04 Å².